The van der Waals surface area contributed by atoms with Crippen LogP contribution in [0, 0.1) is 34.5 Å². The first kappa shape index (κ1) is 21.5. The minimum absolute atomic E-state index is 0.0698. The summed E-state index contributed by atoms with van der Waals surface area (Å²) < 4.78 is 42.9. The van der Waals surface area contributed by atoms with E-state index in [0.29, 0.717) is 19.3 Å². The van der Waals surface area contributed by atoms with E-state index in [-0.39, 0.29) is 53.0 Å². The highest BCUT2D eigenvalue weighted by atomic mass is 19.3. The molecule has 7 heteroatoms. The molecule has 0 spiro atoms. The summed E-state index contributed by atoms with van der Waals surface area (Å²) >= 11 is 0. The van der Waals surface area contributed by atoms with Gasteiger partial charge in [-0.25, -0.2) is 4.39 Å². The summed E-state index contributed by atoms with van der Waals surface area (Å²) in [5, 5.41) is 7.68. The molecule has 4 nitrogen and oxygen atoms in total. The molecule has 172 valence electrons. The van der Waals surface area contributed by atoms with Crippen LogP contribution in [-0.4, -0.2) is 36.9 Å². The summed E-state index contributed by atoms with van der Waals surface area (Å²) in [6.07, 6.45) is 2.06. The number of Topliss-reactive ketones (excluding diaryl/α,β-unsaturated/α-hetero) is 1. The van der Waals surface area contributed by atoms with Crippen molar-refractivity contribution in [3.63, 3.8) is 0 Å². The lowest BCUT2D eigenvalue weighted by Gasteiger charge is -2.59. The van der Waals surface area contributed by atoms with Gasteiger partial charge in [-0.3, -0.25) is 4.79 Å². The van der Waals surface area contributed by atoms with E-state index in [9.17, 15) is 18.0 Å². The van der Waals surface area contributed by atoms with E-state index in [0.717, 1.165) is 44.5 Å². The summed E-state index contributed by atoms with van der Waals surface area (Å²) in [7, 11) is 0. The zero-order valence-corrected chi connectivity index (χ0v) is 18.4. The maximum Gasteiger partial charge on any atom is 0.269 e. The summed E-state index contributed by atoms with van der Waals surface area (Å²) in [6, 6.07) is 0. The van der Waals surface area contributed by atoms with Gasteiger partial charge in [-0.15, -0.1) is 0 Å². The van der Waals surface area contributed by atoms with Gasteiger partial charge in [0.15, 0.2) is 12.0 Å². The number of carbonyl (C=O) groups is 1. The largest absolute Gasteiger partial charge is 0.391 e. The molecule has 7 unspecified atom stereocenters. The average molecular weight is 439 g/mol. The Kier molecular flexibility index (Phi) is 5.26. The van der Waals surface area contributed by atoms with Crippen molar-refractivity contribution in [1.29, 1.82) is 0 Å². The Balaban J connectivity index is 1.42. The van der Waals surface area contributed by atoms with Crippen LogP contribution in [-0.2, 0) is 9.63 Å². The highest BCUT2D eigenvalue weighted by Gasteiger charge is 2.64. The van der Waals surface area contributed by atoms with Crippen molar-refractivity contribution in [3.05, 3.63) is 11.7 Å². The van der Waals surface area contributed by atoms with Crippen molar-refractivity contribution >= 4 is 11.5 Å². The molecule has 0 radical (unpaired) electrons. The molecule has 1 N–H and O–H groups in total. The highest BCUT2D eigenvalue weighted by molar-refractivity contribution is 5.91. The van der Waals surface area contributed by atoms with Crippen molar-refractivity contribution in [2.75, 3.05) is 13.1 Å². The van der Waals surface area contributed by atoms with Gasteiger partial charge in [0.1, 0.15) is 6.10 Å². The third-order valence-corrected chi connectivity index (χ3v) is 9.64. The maximum absolute atomic E-state index is 14.5. The molecular formula is C24H33F3N2O2. The number of hydrogen-bond donors (Lipinski definition) is 1. The maximum atomic E-state index is 14.5. The van der Waals surface area contributed by atoms with Gasteiger partial charge in [-0.2, -0.15) is 8.78 Å². The number of halogens is 3. The van der Waals surface area contributed by atoms with E-state index < -0.39 is 17.7 Å². The van der Waals surface area contributed by atoms with Gasteiger partial charge in [-0.05, 0) is 86.2 Å². The molecule has 5 rings (SSSR count). The van der Waals surface area contributed by atoms with Crippen molar-refractivity contribution < 1.29 is 22.8 Å². The second-order valence-corrected chi connectivity index (χ2v) is 11.0. The number of hydrogen-bond acceptors (Lipinski definition) is 4. The first-order chi connectivity index (χ1) is 14.7. The molecule has 0 aromatic carbocycles. The van der Waals surface area contributed by atoms with Crippen molar-refractivity contribution in [1.82, 2.24) is 5.32 Å². The molecule has 0 aromatic rings. The van der Waals surface area contributed by atoms with Crippen molar-refractivity contribution in [3.8, 4) is 0 Å². The standard InChI is InChI=1S/C24H33F3N2O2/c1-23-6-3-14(29-31-15-5-8-28-12-15)9-13(23)10-16(22(26)27)20-17(23)4-7-24(2)18(20)11-19(25)21(24)30/h13,15,17-20,28H,3-12H2,1-2H3/b29-14+/t13?,15?,17?,18?,19?,20?,23-,24?/m0/s1. The van der Waals surface area contributed by atoms with Gasteiger partial charge < -0.3 is 10.2 Å². The van der Waals surface area contributed by atoms with E-state index in [1.807, 2.05) is 6.92 Å². The van der Waals surface area contributed by atoms with Gasteiger partial charge in [-0.1, -0.05) is 19.0 Å². The van der Waals surface area contributed by atoms with Gasteiger partial charge in [0.05, 0.1) is 5.71 Å². The van der Waals surface area contributed by atoms with Crippen LogP contribution >= 0.6 is 0 Å². The lowest BCUT2D eigenvalue weighted by Crippen LogP contribution is -2.54. The van der Waals surface area contributed by atoms with E-state index in [1.54, 1.807) is 0 Å². The molecule has 8 atom stereocenters. The van der Waals surface area contributed by atoms with Gasteiger partial charge >= 0.3 is 0 Å². The molecule has 0 bridgehead atoms. The molecule has 1 saturated heterocycles. The van der Waals surface area contributed by atoms with Crippen LogP contribution in [0.3, 0.4) is 0 Å². The Bertz CT molecular complexity index is 820. The van der Waals surface area contributed by atoms with E-state index in [1.165, 1.54) is 0 Å². The zero-order valence-electron chi connectivity index (χ0n) is 18.4. The number of rotatable bonds is 2. The Labute approximate surface area is 182 Å². The smallest absolute Gasteiger partial charge is 0.269 e. The normalized spacial score (nSPS) is 48.4. The van der Waals surface area contributed by atoms with Gasteiger partial charge in [0.2, 0.25) is 0 Å². The SMILES string of the molecule is CC12CCC3C(C(=C(F)F)CC4C/C(=N/OC5CCNC5)CC[C@@]43C)C1CC(F)C2=O. The number of carbonyl (C=O) groups excluding carboxylic acids is 1. The van der Waals surface area contributed by atoms with E-state index in [2.05, 4.69) is 17.4 Å². The molecule has 0 aromatic heterocycles. The Morgan fingerprint density at radius 3 is 2.68 bits per heavy atom. The van der Waals surface area contributed by atoms with Gasteiger partial charge in [0.25, 0.3) is 6.08 Å². The Hall–Kier alpha value is -1.37. The van der Waals surface area contributed by atoms with Crippen LogP contribution < -0.4 is 5.32 Å². The number of alkyl halides is 1. The number of nitrogens with zero attached hydrogens (tertiary/aromatic N) is 1. The number of ketones is 1. The highest BCUT2D eigenvalue weighted by Crippen LogP contribution is 2.67. The van der Waals surface area contributed by atoms with Crippen LogP contribution in [0.25, 0.3) is 0 Å². The minimum atomic E-state index is -1.62. The summed E-state index contributed by atoms with van der Waals surface area (Å²) in [5.41, 5.74) is 0.282. The number of nitrogens with one attached hydrogen (secondary N) is 1. The topological polar surface area (TPSA) is 50.7 Å². The van der Waals surface area contributed by atoms with E-state index in [4.69, 9.17) is 4.84 Å². The molecule has 0 amide bonds. The molecule has 5 aliphatic rings. The number of fused-ring (bicyclic) bond motifs is 5. The fraction of sp³-hybridized carbons (Fsp3) is 0.833. The second kappa shape index (κ2) is 7.60. The quantitative estimate of drug-likeness (QED) is 0.615. The monoisotopic (exact) mass is 438 g/mol. The third-order valence-electron chi connectivity index (χ3n) is 9.64. The Morgan fingerprint density at radius 1 is 1.16 bits per heavy atom. The average Bonchev–Trinajstić information content (AvgIpc) is 3.33. The van der Waals surface area contributed by atoms with Crippen molar-refractivity contribution in [2.24, 2.45) is 39.7 Å². The third kappa shape index (κ3) is 3.28. The summed E-state index contributed by atoms with van der Waals surface area (Å²) in [6.45, 7) is 5.80. The molecule has 31 heavy (non-hydrogen) atoms. The molecule has 5 fully saturated rings. The summed E-state index contributed by atoms with van der Waals surface area (Å²) in [4.78, 5) is 18.3. The Morgan fingerprint density at radius 2 is 1.97 bits per heavy atom. The number of allylic oxidation sites excluding steroid dienone is 1. The van der Waals surface area contributed by atoms with Crippen LogP contribution in [0.15, 0.2) is 16.8 Å². The zero-order chi connectivity index (χ0) is 22.0. The first-order valence-corrected chi connectivity index (χ1v) is 11.9. The molecule has 4 saturated carbocycles. The summed E-state index contributed by atoms with van der Waals surface area (Å²) in [5.74, 6) is -0.894. The molecule has 4 aliphatic carbocycles. The number of oxime groups is 1. The van der Waals surface area contributed by atoms with Crippen LogP contribution in [0.4, 0.5) is 13.2 Å². The molecular weight excluding hydrogens is 405 g/mol. The van der Waals surface area contributed by atoms with E-state index >= 15 is 0 Å². The molecule has 1 heterocycles. The minimum Gasteiger partial charge on any atom is -0.391 e. The van der Waals surface area contributed by atoms with Crippen LogP contribution in [0.2, 0.25) is 0 Å². The lowest BCUT2D eigenvalue weighted by atomic mass is 9.44. The lowest BCUT2D eigenvalue weighted by molar-refractivity contribution is -0.136. The molecule has 1 aliphatic heterocycles. The van der Waals surface area contributed by atoms with Gasteiger partial charge in [0, 0.05) is 18.4 Å². The first-order valence-electron chi connectivity index (χ1n) is 11.9. The second-order valence-electron chi connectivity index (χ2n) is 11.0. The van der Waals surface area contributed by atoms with Crippen molar-refractivity contribution in [2.45, 2.75) is 77.5 Å². The fourth-order valence-electron chi connectivity index (χ4n) is 7.71. The predicted molar refractivity (Wildman–Crippen MR) is 111 cm³/mol. The van der Waals surface area contributed by atoms with Crippen LogP contribution in [0.1, 0.15) is 65.2 Å². The fourth-order valence-corrected chi connectivity index (χ4v) is 7.71. The van der Waals surface area contributed by atoms with Crippen LogP contribution in [0.5, 0.6) is 0 Å². The predicted octanol–water partition coefficient (Wildman–Crippen LogP) is 5.04.